The molecule has 0 radical (unpaired) electrons. The van der Waals surface area contributed by atoms with Crippen molar-refractivity contribution < 1.29 is 0 Å². The smallest absolute Gasteiger partial charge is 0.0683 e. The van der Waals surface area contributed by atoms with E-state index in [1.807, 2.05) is 27.1 Å². The first-order chi connectivity index (χ1) is 16.0. The fourth-order valence-corrected chi connectivity index (χ4v) is 5.22. The molecule has 2 heterocycles. The van der Waals surface area contributed by atoms with Gasteiger partial charge in [0.2, 0.25) is 0 Å². The molecule has 4 nitrogen and oxygen atoms in total. The van der Waals surface area contributed by atoms with Gasteiger partial charge in [-0.3, -0.25) is 4.99 Å². The molecule has 4 atom stereocenters. The summed E-state index contributed by atoms with van der Waals surface area (Å²) in [6, 6.07) is 9.58. The van der Waals surface area contributed by atoms with Crippen LogP contribution in [0.15, 0.2) is 59.5 Å². The summed E-state index contributed by atoms with van der Waals surface area (Å²) in [6.45, 7) is 27.4. The maximum Gasteiger partial charge on any atom is 0.0683 e. The summed E-state index contributed by atoms with van der Waals surface area (Å²) < 4.78 is 0. The van der Waals surface area contributed by atoms with Crippen molar-refractivity contribution in [1.82, 2.24) is 15.5 Å². The number of rotatable bonds is 8. The first-order valence-electron chi connectivity index (χ1n) is 12.9. The van der Waals surface area contributed by atoms with Crippen LogP contribution in [0.2, 0.25) is 0 Å². The SMILES string of the molecule is C=C(NC(C)c1ccc(C2=C(C)N=CC2)cc1)C1CC(C)CN1C(=C)C(NC)C(C)(C)C.CC. The van der Waals surface area contributed by atoms with Crippen molar-refractivity contribution >= 4 is 11.8 Å². The molecular weight excluding hydrogens is 416 g/mol. The molecule has 34 heavy (non-hydrogen) atoms. The van der Waals surface area contributed by atoms with E-state index in [1.54, 1.807) is 0 Å². The molecule has 0 bridgehead atoms. The van der Waals surface area contributed by atoms with E-state index in [1.165, 1.54) is 16.7 Å². The topological polar surface area (TPSA) is 39.7 Å². The number of likely N-dealkylation sites (tertiary alicyclic amines) is 1. The quantitative estimate of drug-likeness (QED) is 0.438. The molecule has 0 amide bonds. The Morgan fingerprint density at radius 1 is 1.15 bits per heavy atom. The number of nitrogens with one attached hydrogen (secondary N) is 2. The van der Waals surface area contributed by atoms with Crippen LogP contribution >= 0.6 is 0 Å². The number of aliphatic imine (C=N–C) groups is 1. The zero-order valence-electron chi connectivity index (χ0n) is 23.1. The summed E-state index contributed by atoms with van der Waals surface area (Å²) in [5, 5.41) is 7.19. The lowest BCUT2D eigenvalue weighted by atomic mass is 9.84. The Morgan fingerprint density at radius 2 is 1.76 bits per heavy atom. The van der Waals surface area contributed by atoms with Gasteiger partial charge >= 0.3 is 0 Å². The highest BCUT2D eigenvalue weighted by molar-refractivity contribution is 5.86. The van der Waals surface area contributed by atoms with Crippen LogP contribution < -0.4 is 10.6 Å². The highest BCUT2D eigenvalue weighted by atomic mass is 15.2. The van der Waals surface area contributed by atoms with Gasteiger partial charge in [-0.05, 0) is 55.3 Å². The summed E-state index contributed by atoms with van der Waals surface area (Å²) >= 11 is 0. The van der Waals surface area contributed by atoms with Crippen LogP contribution in [0, 0.1) is 11.3 Å². The summed E-state index contributed by atoms with van der Waals surface area (Å²) in [4.78, 5) is 6.88. The summed E-state index contributed by atoms with van der Waals surface area (Å²) in [6.07, 6.45) is 4.02. The number of nitrogens with zero attached hydrogens (tertiary/aromatic N) is 2. The Balaban J connectivity index is 0.00000199. The standard InChI is InChI=1S/C28H42N4.C2H6/c1-18-16-26(32(17-18)22(5)27(29-9)28(6,7)8)21(4)31-19(2)23-10-12-24(13-11-23)25-14-15-30-20(25)3;1-2/h10-13,15,18-19,26-27,29,31H,4-5,14,16-17H2,1-3,6-9H3;1-2H3. The Kier molecular flexibility index (Phi) is 9.75. The van der Waals surface area contributed by atoms with Crippen LogP contribution in [0.5, 0.6) is 0 Å². The zero-order chi connectivity index (χ0) is 25.6. The van der Waals surface area contributed by atoms with Gasteiger partial charge in [0.05, 0.1) is 12.1 Å². The van der Waals surface area contributed by atoms with Gasteiger partial charge in [0.15, 0.2) is 0 Å². The van der Waals surface area contributed by atoms with Gasteiger partial charge in [-0.15, -0.1) is 0 Å². The fourth-order valence-electron chi connectivity index (χ4n) is 5.22. The van der Waals surface area contributed by atoms with E-state index >= 15 is 0 Å². The van der Waals surface area contributed by atoms with Crippen molar-refractivity contribution in [3.63, 3.8) is 0 Å². The number of hydrogen-bond acceptors (Lipinski definition) is 4. The maximum atomic E-state index is 4.51. The number of benzene rings is 1. The molecule has 4 unspecified atom stereocenters. The molecule has 3 rings (SSSR count). The van der Waals surface area contributed by atoms with Crippen molar-refractivity contribution in [2.75, 3.05) is 13.6 Å². The average molecular weight is 465 g/mol. The van der Waals surface area contributed by atoms with E-state index in [0.717, 1.165) is 36.5 Å². The lowest BCUT2D eigenvalue weighted by Crippen LogP contribution is -2.47. The van der Waals surface area contributed by atoms with Crippen molar-refractivity contribution in [3.05, 3.63) is 65.6 Å². The van der Waals surface area contributed by atoms with Gasteiger partial charge in [-0.1, -0.05) is 79.0 Å². The molecule has 1 saturated heterocycles. The van der Waals surface area contributed by atoms with Crippen LogP contribution in [0.3, 0.4) is 0 Å². The van der Waals surface area contributed by atoms with Crippen LogP contribution in [-0.4, -0.2) is 36.8 Å². The molecule has 2 N–H and O–H groups in total. The zero-order valence-corrected chi connectivity index (χ0v) is 23.1. The van der Waals surface area contributed by atoms with Crippen molar-refractivity contribution in [1.29, 1.82) is 0 Å². The number of allylic oxidation sites excluding steroid dienone is 2. The van der Waals surface area contributed by atoms with E-state index in [9.17, 15) is 0 Å². The monoisotopic (exact) mass is 464 g/mol. The van der Waals surface area contributed by atoms with Gasteiger partial charge in [0, 0.05) is 42.3 Å². The molecule has 2 aliphatic heterocycles. The molecule has 0 aliphatic carbocycles. The Hall–Kier alpha value is -2.33. The molecule has 188 valence electrons. The van der Waals surface area contributed by atoms with Crippen LogP contribution in [0.4, 0.5) is 0 Å². The minimum absolute atomic E-state index is 0.101. The average Bonchev–Trinajstić information content (AvgIpc) is 3.40. The maximum absolute atomic E-state index is 4.51. The van der Waals surface area contributed by atoms with Gasteiger partial charge < -0.3 is 15.5 Å². The van der Waals surface area contributed by atoms with Crippen LogP contribution in [0.25, 0.3) is 5.57 Å². The van der Waals surface area contributed by atoms with Gasteiger partial charge in [-0.2, -0.15) is 0 Å². The summed E-state index contributed by atoms with van der Waals surface area (Å²) in [7, 11) is 2.03. The minimum Gasteiger partial charge on any atom is -0.381 e. The summed E-state index contributed by atoms with van der Waals surface area (Å²) in [5.74, 6) is 0.618. The molecule has 0 saturated carbocycles. The number of hydrogen-bond donors (Lipinski definition) is 2. The van der Waals surface area contributed by atoms with E-state index < -0.39 is 0 Å². The third-order valence-corrected chi connectivity index (χ3v) is 6.95. The normalized spacial score (nSPS) is 21.7. The van der Waals surface area contributed by atoms with E-state index in [0.29, 0.717) is 5.92 Å². The van der Waals surface area contributed by atoms with Gasteiger partial charge in [0.25, 0.3) is 0 Å². The van der Waals surface area contributed by atoms with Gasteiger partial charge in [-0.25, -0.2) is 0 Å². The highest BCUT2D eigenvalue weighted by Gasteiger charge is 2.37. The largest absolute Gasteiger partial charge is 0.381 e. The lowest BCUT2D eigenvalue weighted by Gasteiger charge is -2.40. The van der Waals surface area contributed by atoms with E-state index in [2.05, 4.69) is 99.5 Å². The molecule has 0 aromatic heterocycles. The molecule has 2 aliphatic rings. The highest BCUT2D eigenvalue weighted by Crippen LogP contribution is 2.35. The molecule has 1 aromatic carbocycles. The van der Waals surface area contributed by atoms with Crippen molar-refractivity contribution in [2.45, 2.75) is 86.4 Å². The lowest BCUT2D eigenvalue weighted by molar-refractivity contribution is 0.233. The predicted molar refractivity (Wildman–Crippen MR) is 150 cm³/mol. The predicted octanol–water partition coefficient (Wildman–Crippen LogP) is 6.94. The van der Waals surface area contributed by atoms with E-state index in [-0.39, 0.29) is 23.5 Å². The second-order valence-electron chi connectivity index (χ2n) is 10.7. The third kappa shape index (κ3) is 6.41. The van der Waals surface area contributed by atoms with Crippen LogP contribution in [0.1, 0.15) is 85.4 Å². The molecule has 0 spiro atoms. The van der Waals surface area contributed by atoms with Crippen molar-refractivity contribution in [3.8, 4) is 0 Å². The van der Waals surface area contributed by atoms with Gasteiger partial charge in [0.1, 0.15) is 0 Å². The fraction of sp³-hybridized carbons (Fsp3) is 0.567. The molecule has 1 aromatic rings. The number of likely N-dealkylation sites (N-methyl/N-ethyl adjacent to an activating group) is 1. The third-order valence-electron chi connectivity index (χ3n) is 6.95. The molecular formula is C30H48N4. The Morgan fingerprint density at radius 3 is 2.26 bits per heavy atom. The first kappa shape index (κ1) is 27.9. The first-order valence-corrected chi connectivity index (χ1v) is 12.9. The second-order valence-corrected chi connectivity index (χ2v) is 10.7. The molecule has 4 heteroatoms. The Labute approximate surface area is 209 Å². The van der Waals surface area contributed by atoms with Crippen LogP contribution in [-0.2, 0) is 0 Å². The second kappa shape index (κ2) is 11.9. The summed E-state index contributed by atoms with van der Waals surface area (Å²) in [5.41, 5.74) is 7.34. The molecule has 1 fully saturated rings. The Bertz CT molecular complexity index is 901. The van der Waals surface area contributed by atoms with E-state index in [4.69, 9.17) is 0 Å². The minimum atomic E-state index is 0.101. The van der Waals surface area contributed by atoms with Crippen molar-refractivity contribution in [2.24, 2.45) is 16.3 Å².